The fourth-order valence-electron chi connectivity index (χ4n) is 2.80. The van der Waals surface area contributed by atoms with Crippen molar-refractivity contribution in [1.29, 1.82) is 0 Å². The van der Waals surface area contributed by atoms with E-state index in [9.17, 15) is 13.2 Å². The van der Waals surface area contributed by atoms with Crippen LogP contribution in [0.1, 0.15) is 11.1 Å². The van der Waals surface area contributed by atoms with Gasteiger partial charge in [-0.15, -0.1) is 10.2 Å². The zero-order valence-corrected chi connectivity index (χ0v) is 12.8. The number of halogens is 3. The van der Waals surface area contributed by atoms with Crippen molar-refractivity contribution in [2.24, 2.45) is 0 Å². The molecule has 0 unspecified atom stereocenters. The van der Waals surface area contributed by atoms with Crippen molar-refractivity contribution in [2.75, 3.05) is 0 Å². The highest BCUT2D eigenvalue weighted by atomic mass is 19.4. The first-order valence-corrected chi connectivity index (χ1v) is 7.49. The van der Waals surface area contributed by atoms with E-state index in [1.807, 2.05) is 35.0 Å². The number of nitrogens with zero attached hydrogens (tertiary/aromatic N) is 4. The number of hydrogen-bond donors (Lipinski definition) is 1. The van der Waals surface area contributed by atoms with Gasteiger partial charge < -0.3 is 4.57 Å². The minimum Gasteiger partial charge on any atom is -0.343 e. The number of fused-ring (bicyclic) bond motifs is 1. The minimum absolute atomic E-state index is 0.356. The first-order valence-electron chi connectivity index (χ1n) is 7.49. The molecule has 126 valence electrons. The van der Waals surface area contributed by atoms with E-state index >= 15 is 0 Å². The molecule has 0 saturated heterocycles. The fraction of sp³-hybridized carbons (Fsp3) is 0.118. The molecule has 5 nitrogen and oxygen atoms in total. The Hall–Kier alpha value is -3.16. The lowest BCUT2D eigenvalue weighted by Crippen LogP contribution is -2.06. The third-order valence-corrected chi connectivity index (χ3v) is 3.98. The average molecular weight is 343 g/mol. The van der Waals surface area contributed by atoms with Crippen LogP contribution in [0.25, 0.3) is 22.3 Å². The molecule has 0 aliphatic carbocycles. The van der Waals surface area contributed by atoms with Crippen LogP contribution in [-0.4, -0.2) is 25.2 Å². The normalized spacial score (nSPS) is 12.0. The predicted molar refractivity (Wildman–Crippen MR) is 85.7 cm³/mol. The van der Waals surface area contributed by atoms with Crippen LogP contribution in [0.4, 0.5) is 13.2 Å². The molecular weight excluding hydrogens is 331 g/mol. The topological polar surface area (TPSA) is 59.4 Å². The Bertz CT molecular complexity index is 1020. The Kier molecular flexibility index (Phi) is 3.52. The SMILES string of the molecule is FC(F)(F)c1cccc(Cn2ccc3cc(-c4nn[nH]n4)ccc32)c1. The van der Waals surface area contributed by atoms with E-state index in [1.54, 1.807) is 6.07 Å². The summed E-state index contributed by atoms with van der Waals surface area (Å²) in [6.45, 7) is 0.356. The Balaban J connectivity index is 1.67. The molecule has 2 aromatic carbocycles. The Morgan fingerprint density at radius 2 is 1.92 bits per heavy atom. The second-order valence-electron chi connectivity index (χ2n) is 5.65. The third-order valence-electron chi connectivity index (χ3n) is 3.98. The lowest BCUT2D eigenvalue weighted by atomic mass is 10.1. The van der Waals surface area contributed by atoms with E-state index in [0.717, 1.165) is 22.5 Å². The molecule has 0 atom stereocenters. The molecule has 0 bridgehead atoms. The molecule has 0 saturated carbocycles. The van der Waals surface area contributed by atoms with Gasteiger partial charge in [-0.1, -0.05) is 12.1 Å². The van der Waals surface area contributed by atoms with Crippen LogP contribution in [0.2, 0.25) is 0 Å². The van der Waals surface area contributed by atoms with Crippen molar-refractivity contribution in [3.05, 3.63) is 65.9 Å². The molecule has 2 heterocycles. The maximum absolute atomic E-state index is 12.9. The molecule has 8 heteroatoms. The van der Waals surface area contributed by atoms with E-state index < -0.39 is 11.7 Å². The highest BCUT2D eigenvalue weighted by molar-refractivity contribution is 5.84. The fourth-order valence-corrected chi connectivity index (χ4v) is 2.80. The van der Waals surface area contributed by atoms with Gasteiger partial charge in [-0.05, 0) is 47.2 Å². The standard InChI is InChI=1S/C17H12F3N5/c18-17(19,20)14-3-1-2-11(8-14)10-25-7-6-12-9-13(4-5-15(12)25)16-21-23-24-22-16/h1-9H,10H2,(H,21,22,23,24). The summed E-state index contributed by atoms with van der Waals surface area (Å²) >= 11 is 0. The summed E-state index contributed by atoms with van der Waals surface area (Å²) in [5.41, 5.74) is 1.69. The second kappa shape index (κ2) is 5.73. The van der Waals surface area contributed by atoms with Crippen molar-refractivity contribution in [1.82, 2.24) is 25.2 Å². The minimum atomic E-state index is -4.34. The Morgan fingerprint density at radius 1 is 1.04 bits per heavy atom. The number of rotatable bonds is 3. The first kappa shape index (κ1) is 15.4. The van der Waals surface area contributed by atoms with E-state index in [4.69, 9.17) is 0 Å². The Labute approximate surface area is 140 Å². The molecule has 0 spiro atoms. The molecule has 4 aromatic rings. The predicted octanol–water partition coefficient (Wildman–Crippen LogP) is 3.89. The summed E-state index contributed by atoms with van der Waals surface area (Å²) in [6.07, 6.45) is -2.49. The first-order chi connectivity index (χ1) is 12.0. The zero-order chi connectivity index (χ0) is 17.4. The van der Waals surface area contributed by atoms with Gasteiger partial charge in [0, 0.05) is 29.2 Å². The number of tetrazole rings is 1. The van der Waals surface area contributed by atoms with Crippen molar-refractivity contribution in [3.8, 4) is 11.4 Å². The van der Waals surface area contributed by atoms with Crippen LogP contribution in [0.15, 0.2) is 54.7 Å². The van der Waals surface area contributed by atoms with E-state index in [2.05, 4.69) is 20.6 Å². The highest BCUT2D eigenvalue weighted by Crippen LogP contribution is 2.30. The maximum atomic E-state index is 12.9. The van der Waals surface area contributed by atoms with Gasteiger partial charge in [-0.2, -0.15) is 18.4 Å². The number of H-pyrrole nitrogens is 1. The van der Waals surface area contributed by atoms with Crippen LogP contribution in [0, 0.1) is 0 Å². The highest BCUT2D eigenvalue weighted by Gasteiger charge is 2.30. The second-order valence-corrected chi connectivity index (χ2v) is 5.65. The van der Waals surface area contributed by atoms with Crippen molar-refractivity contribution in [3.63, 3.8) is 0 Å². The molecule has 0 radical (unpaired) electrons. The van der Waals surface area contributed by atoms with Crippen LogP contribution in [0.5, 0.6) is 0 Å². The molecular formula is C17H12F3N5. The third kappa shape index (κ3) is 2.98. The largest absolute Gasteiger partial charge is 0.416 e. The molecule has 4 rings (SSSR count). The summed E-state index contributed by atoms with van der Waals surface area (Å²) in [5, 5.41) is 14.8. The molecule has 0 amide bonds. The number of nitrogens with one attached hydrogen (secondary N) is 1. The molecule has 0 aliphatic rings. The summed E-state index contributed by atoms with van der Waals surface area (Å²) in [5.74, 6) is 0.493. The molecule has 25 heavy (non-hydrogen) atoms. The summed E-state index contributed by atoms with van der Waals surface area (Å²) in [7, 11) is 0. The molecule has 1 N–H and O–H groups in total. The monoisotopic (exact) mass is 343 g/mol. The summed E-state index contributed by atoms with van der Waals surface area (Å²) in [6, 6.07) is 13.0. The number of hydrogen-bond acceptors (Lipinski definition) is 3. The van der Waals surface area contributed by atoms with Crippen LogP contribution < -0.4 is 0 Å². The maximum Gasteiger partial charge on any atom is 0.416 e. The zero-order valence-electron chi connectivity index (χ0n) is 12.8. The quantitative estimate of drug-likeness (QED) is 0.614. The van der Waals surface area contributed by atoms with Crippen LogP contribution >= 0.6 is 0 Å². The molecule has 2 aromatic heterocycles. The van der Waals surface area contributed by atoms with E-state index in [-0.39, 0.29) is 0 Å². The van der Waals surface area contributed by atoms with Crippen LogP contribution in [0.3, 0.4) is 0 Å². The summed E-state index contributed by atoms with van der Waals surface area (Å²) < 4.78 is 40.5. The van der Waals surface area contributed by atoms with Crippen molar-refractivity contribution >= 4 is 10.9 Å². The van der Waals surface area contributed by atoms with Crippen molar-refractivity contribution in [2.45, 2.75) is 12.7 Å². The van der Waals surface area contributed by atoms with E-state index in [1.165, 1.54) is 12.1 Å². The lowest BCUT2D eigenvalue weighted by molar-refractivity contribution is -0.137. The Morgan fingerprint density at radius 3 is 2.68 bits per heavy atom. The number of aromatic nitrogens is 5. The van der Waals surface area contributed by atoms with Crippen LogP contribution in [-0.2, 0) is 12.7 Å². The van der Waals surface area contributed by atoms with Gasteiger partial charge in [0.15, 0.2) is 0 Å². The smallest absolute Gasteiger partial charge is 0.343 e. The number of benzene rings is 2. The summed E-state index contributed by atoms with van der Waals surface area (Å²) in [4.78, 5) is 0. The molecule has 0 fully saturated rings. The average Bonchev–Trinajstić information content (AvgIpc) is 3.24. The van der Waals surface area contributed by atoms with Gasteiger partial charge in [0.1, 0.15) is 0 Å². The van der Waals surface area contributed by atoms with E-state index in [0.29, 0.717) is 17.9 Å². The lowest BCUT2D eigenvalue weighted by Gasteiger charge is -2.10. The number of alkyl halides is 3. The van der Waals surface area contributed by atoms with Gasteiger partial charge in [-0.3, -0.25) is 0 Å². The number of aromatic amines is 1. The van der Waals surface area contributed by atoms with Gasteiger partial charge in [0.25, 0.3) is 0 Å². The van der Waals surface area contributed by atoms with Gasteiger partial charge in [0.2, 0.25) is 5.82 Å². The van der Waals surface area contributed by atoms with Crippen molar-refractivity contribution < 1.29 is 13.2 Å². The molecule has 0 aliphatic heterocycles. The van der Waals surface area contributed by atoms with Gasteiger partial charge >= 0.3 is 6.18 Å². The van der Waals surface area contributed by atoms with Gasteiger partial charge in [0.05, 0.1) is 5.56 Å². The van der Waals surface area contributed by atoms with Gasteiger partial charge in [-0.25, -0.2) is 0 Å².